The molecule has 0 aliphatic rings. The summed E-state index contributed by atoms with van der Waals surface area (Å²) >= 11 is 3.09. The van der Waals surface area contributed by atoms with Gasteiger partial charge in [0.1, 0.15) is 5.75 Å². The number of rotatable bonds is 4. The van der Waals surface area contributed by atoms with Crippen LogP contribution in [0.25, 0.3) is 0 Å². The maximum atomic E-state index is 12.1. The van der Waals surface area contributed by atoms with Crippen LogP contribution >= 0.6 is 15.9 Å². The molecule has 0 spiro atoms. The highest BCUT2D eigenvalue weighted by Gasteiger charge is 2.25. The Labute approximate surface area is 99.8 Å². The van der Waals surface area contributed by atoms with Crippen LogP contribution in [0.5, 0.6) is 5.75 Å². The molecule has 4 nitrogen and oxygen atoms in total. The zero-order valence-corrected chi connectivity index (χ0v) is 10.5. The maximum absolute atomic E-state index is 12.1. The number of nitrogens with one attached hydrogen (secondary N) is 1. The Kier molecular flexibility index (Phi) is 4.09. The Balaban J connectivity index is 3.10. The third kappa shape index (κ3) is 3.05. The van der Waals surface area contributed by atoms with Gasteiger partial charge < -0.3 is 4.74 Å². The predicted octanol–water partition coefficient (Wildman–Crippen LogP) is 2.42. The van der Waals surface area contributed by atoms with Gasteiger partial charge in [-0.25, -0.2) is 8.42 Å². The second-order valence-electron chi connectivity index (χ2n) is 2.75. The standard InChI is InChI=1S/C8H8BrF2NO3S/c1-15-7-3-2-5(9)4-6(7)12-16(13,14)8(10)11/h2-4,8,12H,1H3. The van der Waals surface area contributed by atoms with Crippen molar-refractivity contribution < 1.29 is 21.9 Å². The number of sulfonamides is 1. The SMILES string of the molecule is COc1ccc(Br)cc1NS(=O)(=O)C(F)F. The van der Waals surface area contributed by atoms with Gasteiger partial charge in [0.2, 0.25) is 0 Å². The van der Waals surface area contributed by atoms with E-state index in [1.807, 2.05) is 0 Å². The molecular weight excluding hydrogens is 308 g/mol. The zero-order valence-electron chi connectivity index (χ0n) is 8.08. The normalized spacial score (nSPS) is 11.6. The van der Waals surface area contributed by atoms with Gasteiger partial charge in [-0.1, -0.05) is 15.9 Å². The average Bonchev–Trinajstić information content (AvgIpc) is 2.17. The summed E-state index contributed by atoms with van der Waals surface area (Å²) in [5.41, 5.74) is -0.0443. The van der Waals surface area contributed by atoms with Crippen LogP contribution in [0.15, 0.2) is 22.7 Å². The molecule has 0 saturated carbocycles. The molecule has 0 aliphatic heterocycles. The molecule has 1 aromatic carbocycles. The summed E-state index contributed by atoms with van der Waals surface area (Å²) in [4.78, 5) is 0. The van der Waals surface area contributed by atoms with Crippen molar-refractivity contribution in [3.63, 3.8) is 0 Å². The second kappa shape index (κ2) is 4.96. The van der Waals surface area contributed by atoms with Gasteiger partial charge in [-0.05, 0) is 18.2 Å². The number of alkyl halides is 2. The molecule has 0 aromatic heterocycles. The van der Waals surface area contributed by atoms with E-state index in [0.717, 1.165) is 0 Å². The van der Waals surface area contributed by atoms with Gasteiger partial charge in [0.05, 0.1) is 12.8 Å². The molecule has 0 atom stereocenters. The lowest BCUT2D eigenvalue weighted by Gasteiger charge is -2.11. The molecule has 8 heteroatoms. The van der Waals surface area contributed by atoms with E-state index < -0.39 is 15.8 Å². The summed E-state index contributed by atoms with van der Waals surface area (Å²) in [6.45, 7) is 0. The van der Waals surface area contributed by atoms with Crippen molar-refractivity contribution in [2.45, 2.75) is 5.76 Å². The summed E-state index contributed by atoms with van der Waals surface area (Å²) in [5.74, 6) is -3.33. The lowest BCUT2D eigenvalue weighted by Crippen LogP contribution is -2.20. The van der Waals surface area contributed by atoms with E-state index in [1.165, 1.54) is 19.2 Å². The molecule has 0 unspecified atom stereocenters. The summed E-state index contributed by atoms with van der Waals surface area (Å²) in [7, 11) is -3.38. The highest BCUT2D eigenvalue weighted by Crippen LogP contribution is 2.29. The molecule has 1 N–H and O–H groups in total. The number of halogens is 3. The summed E-state index contributed by atoms with van der Waals surface area (Å²) in [6, 6.07) is 4.38. The molecule has 90 valence electrons. The van der Waals surface area contributed by atoms with Crippen molar-refractivity contribution in [3.8, 4) is 5.75 Å². The van der Waals surface area contributed by atoms with Gasteiger partial charge in [-0.2, -0.15) is 8.78 Å². The van der Waals surface area contributed by atoms with Crippen LogP contribution in [0.1, 0.15) is 0 Å². The van der Waals surface area contributed by atoms with Gasteiger partial charge in [0.15, 0.2) is 0 Å². The fourth-order valence-electron chi connectivity index (χ4n) is 0.958. The summed E-state index contributed by atoms with van der Waals surface area (Å²) in [6.07, 6.45) is 0. The molecule has 16 heavy (non-hydrogen) atoms. The number of ether oxygens (including phenoxy) is 1. The largest absolute Gasteiger partial charge is 0.495 e. The third-order valence-corrected chi connectivity index (χ3v) is 3.12. The van der Waals surface area contributed by atoms with Crippen molar-refractivity contribution in [3.05, 3.63) is 22.7 Å². The Hall–Kier alpha value is -0.890. The highest BCUT2D eigenvalue weighted by atomic mass is 79.9. The topological polar surface area (TPSA) is 55.4 Å². The first kappa shape index (κ1) is 13.2. The van der Waals surface area contributed by atoms with Crippen LogP contribution in [0, 0.1) is 0 Å². The summed E-state index contributed by atoms with van der Waals surface area (Å²) < 4.78 is 53.3. The van der Waals surface area contributed by atoms with E-state index >= 15 is 0 Å². The molecule has 0 amide bonds. The van der Waals surface area contributed by atoms with Gasteiger partial charge in [-0.15, -0.1) is 0 Å². The molecule has 0 saturated heterocycles. The maximum Gasteiger partial charge on any atom is 0.355 e. The monoisotopic (exact) mass is 315 g/mol. The molecule has 0 radical (unpaired) electrons. The van der Waals surface area contributed by atoms with Crippen LogP contribution in [0.3, 0.4) is 0 Å². The Morgan fingerprint density at radius 3 is 2.56 bits per heavy atom. The lowest BCUT2D eigenvalue weighted by molar-refractivity contribution is 0.236. The molecule has 0 fully saturated rings. The van der Waals surface area contributed by atoms with Crippen molar-refractivity contribution in [2.24, 2.45) is 0 Å². The van der Waals surface area contributed by atoms with Gasteiger partial charge in [0.25, 0.3) is 10.0 Å². The van der Waals surface area contributed by atoms with Crippen LogP contribution in [-0.4, -0.2) is 21.3 Å². The molecule has 1 rings (SSSR count). The predicted molar refractivity (Wildman–Crippen MR) is 59.2 cm³/mol. The van der Waals surface area contributed by atoms with E-state index in [9.17, 15) is 17.2 Å². The fourth-order valence-corrected chi connectivity index (χ4v) is 1.87. The van der Waals surface area contributed by atoms with Gasteiger partial charge in [0, 0.05) is 4.47 Å². The fraction of sp³-hybridized carbons (Fsp3) is 0.250. The number of methoxy groups -OCH3 is 1. The van der Waals surface area contributed by atoms with Crippen LogP contribution in [0.2, 0.25) is 0 Å². The van der Waals surface area contributed by atoms with Gasteiger partial charge in [-0.3, -0.25) is 4.72 Å². The summed E-state index contributed by atoms with van der Waals surface area (Å²) in [5, 5.41) is 0. The van der Waals surface area contributed by atoms with E-state index in [2.05, 4.69) is 15.9 Å². The smallest absolute Gasteiger partial charge is 0.355 e. The quantitative estimate of drug-likeness (QED) is 0.928. The molecule has 1 aromatic rings. The van der Waals surface area contributed by atoms with E-state index in [-0.39, 0.29) is 11.4 Å². The number of hydrogen-bond donors (Lipinski definition) is 1. The highest BCUT2D eigenvalue weighted by molar-refractivity contribution is 9.10. The van der Waals surface area contributed by atoms with E-state index in [1.54, 1.807) is 10.8 Å². The number of anilines is 1. The molecule has 0 aliphatic carbocycles. The van der Waals surface area contributed by atoms with Crippen molar-refractivity contribution in [1.29, 1.82) is 0 Å². The first-order chi connectivity index (χ1) is 7.36. The second-order valence-corrected chi connectivity index (χ2v) is 5.32. The Morgan fingerprint density at radius 1 is 1.44 bits per heavy atom. The van der Waals surface area contributed by atoms with Crippen molar-refractivity contribution >= 4 is 31.6 Å². The van der Waals surface area contributed by atoms with Crippen LogP contribution in [-0.2, 0) is 10.0 Å². The zero-order chi connectivity index (χ0) is 12.3. The molecule has 0 heterocycles. The minimum absolute atomic E-state index is 0.0443. The average molecular weight is 316 g/mol. The minimum Gasteiger partial charge on any atom is -0.495 e. The Bertz CT molecular complexity index is 478. The lowest BCUT2D eigenvalue weighted by atomic mass is 10.3. The first-order valence-corrected chi connectivity index (χ1v) is 6.34. The van der Waals surface area contributed by atoms with Crippen LogP contribution in [0.4, 0.5) is 14.5 Å². The first-order valence-electron chi connectivity index (χ1n) is 4.00. The number of hydrogen-bond acceptors (Lipinski definition) is 3. The number of benzene rings is 1. The third-order valence-electron chi connectivity index (χ3n) is 1.65. The van der Waals surface area contributed by atoms with Crippen molar-refractivity contribution in [1.82, 2.24) is 0 Å². The molecular formula is C8H8BrF2NO3S. The minimum atomic E-state index is -4.68. The Morgan fingerprint density at radius 2 is 2.06 bits per heavy atom. The van der Waals surface area contributed by atoms with E-state index in [4.69, 9.17) is 4.74 Å². The van der Waals surface area contributed by atoms with Crippen LogP contribution < -0.4 is 9.46 Å². The van der Waals surface area contributed by atoms with Crippen molar-refractivity contribution in [2.75, 3.05) is 11.8 Å². The molecule has 0 bridgehead atoms. The van der Waals surface area contributed by atoms with E-state index in [0.29, 0.717) is 4.47 Å². The van der Waals surface area contributed by atoms with Gasteiger partial charge >= 0.3 is 5.76 Å².